The molecular formula is C41H49B2N4O8+2. The zero-order chi connectivity index (χ0) is 39.6. The van der Waals surface area contributed by atoms with Crippen molar-refractivity contribution in [3.05, 3.63) is 132 Å². The number of carbonyl (C=O) groups excluding carboxylic acids is 4. The molecule has 0 aliphatic carbocycles. The van der Waals surface area contributed by atoms with Gasteiger partial charge in [-0.05, 0) is 62.2 Å². The molecule has 2 aromatic carbocycles. The van der Waals surface area contributed by atoms with Gasteiger partial charge in [-0.25, -0.2) is 9.13 Å². The number of pyridine rings is 2. The molecule has 0 bridgehead atoms. The van der Waals surface area contributed by atoms with Crippen molar-refractivity contribution in [3.63, 3.8) is 0 Å². The van der Waals surface area contributed by atoms with Crippen LogP contribution in [0.15, 0.2) is 110 Å². The van der Waals surface area contributed by atoms with E-state index in [1.807, 2.05) is 33.4 Å². The van der Waals surface area contributed by atoms with Crippen LogP contribution in [0.5, 0.6) is 5.75 Å². The molecule has 285 valence electrons. The summed E-state index contributed by atoms with van der Waals surface area (Å²) in [5.74, 6) is -0.154. The summed E-state index contributed by atoms with van der Waals surface area (Å²) in [5, 5.41) is 34.3. The molecule has 4 rings (SSSR count). The molecule has 14 heteroatoms. The Kier molecular flexibility index (Phi) is 17.0. The van der Waals surface area contributed by atoms with Crippen molar-refractivity contribution in [2.24, 2.45) is 0 Å². The number of hydrogen-bond donors (Lipinski definition) is 5. The number of allylic oxidation sites excluding steroid dienone is 1. The van der Waals surface area contributed by atoms with Gasteiger partial charge >= 0.3 is 14.8 Å². The first-order valence-corrected chi connectivity index (χ1v) is 18.5. The topological polar surface area (TPSA) is 170 Å². The summed E-state index contributed by atoms with van der Waals surface area (Å²) < 4.78 is 8.86. The maximum atomic E-state index is 13.4. The molecule has 0 aliphatic rings. The Morgan fingerprint density at radius 1 is 0.764 bits per heavy atom. The van der Waals surface area contributed by atoms with E-state index in [-0.39, 0.29) is 29.8 Å². The van der Waals surface area contributed by atoms with Crippen molar-refractivity contribution in [2.45, 2.75) is 77.4 Å². The van der Waals surface area contributed by atoms with Crippen molar-refractivity contribution in [3.8, 4) is 5.75 Å². The number of hydrogen-bond acceptors (Lipinski definition) is 8. The fourth-order valence-electron chi connectivity index (χ4n) is 6.04. The number of benzene rings is 2. The molecule has 1 unspecified atom stereocenters. The third kappa shape index (κ3) is 13.7. The fourth-order valence-corrected chi connectivity index (χ4v) is 6.04. The minimum absolute atomic E-state index is 0.0184. The summed E-state index contributed by atoms with van der Waals surface area (Å²) in [6, 6.07) is 20.3. The van der Waals surface area contributed by atoms with E-state index in [4.69, 9.17) is 9.68 Å². The van der Waals surface area contributed by atoms with Crippen LogP contribution in [0, 0.1) is 0 Å². The van der Waals surface area contributed by atoms with Crippen molar-refractivity contribution in [1.29, 1.82) is 0 Å². The van der Waals surface area contributed by atoms with Gasteiger partial charge in [-0.1, -0.05) is 49.4 Å². The highest BCUT2D eigenvalue weighted by Gasteiger charge is 2.22. The van der Waals surface area contributed by atoms with E-state index >= 15 is 0 Å². The first-order chi connectivity index (χ1) is 26.5. The van der Waals surface area contributed by atoms with Gasteiger partial charge < -0.3 is 30.4 Å². The van der Waals surface area contributed by atoms with E-state index in [1.165, 1.54) is 0 Å². The van der Waals surface area contributed by atoms with E-state index in [9.17, 15) is 29.2 Å². The average Bonchev–Trinajstić information content (AvgIpc) is 3.18. The Morgan fingerprint density at radius 3 is 1.98 bits per heavy atom. The number of ketones is 2. The lowest BCUT2D eigenvalue weighted by Gasteiger charge is -2.18. The normalized spacial score (nSPS) is 11.3. The molecule has 0 fully saturated rings. The maximum Gasteiger partial charge on any atom is 0.569 e. The number of nitrogens with zero attached hydrogens (tertiary/aromatic N) is 2. The second kappa shape index (κ2) is 22.1. The van der Waals surface area contributed by atoms with Crippen molar-refractivity contribution in [2.75, 3.05) is 6.54 Å². The molecule has 0 aliphatic heterocycles. The van der Waals surface area contributed by atoms with Crippen LogP contribution in [0.25, 0.3) is 0 Å². The number of para-hydroxylation sites is 1. The maximum absolute atomic E-state index is 13.4. The largest absolute Gasteiger partial charge is 0.569 e. The number of carbonyl (C=O) groups is 4. The molecule has 5 N–H and O–H groups in total. The summed E-state index contributed by atoms with van der Waals surface area (Å²) in [7, 11) is -0.960. The van der Waals surface area contributed by atoms with Gasteiger partial charge in [0.2, 0.25) is 0 Å². The van der Waals surface area contributed by atoms with E-state index in [2.05, 4.69) is 17.2 Å². The number of Topliss-reactive ketones (excluding diaryl/α,β-unsaturated/α-hetero) is 2. The molecular weight excluding hydrogens is 698 g/mol. The molecule has 2 amide bonds. The number of rotatable bonds is 23. The molecule has 1 radical (unpaired) electrons. The van der Waals surface area contributed by atoms with Gasteiger partial charge in [0.25, 0.3) is 11.8 Å². The number of unbranched alkanes of at least 4 members (excludes halogenated alkanes) is 3. The highest BCUT2D eigenvalue weighted by atomic mass is 16.5. The second-order valence-electron chi connectivity index (χ2n) is 13.4. The van der Waals surface area contributed by atoms with E-state index in [0.29, 0.717) is 100 Å². The number of nitrogens with one attached hydrogen (secondary N) is 2. The van der Waals surface area contributed by atoms with Crippen molar-refractivity contribution < 1.29 is 48.0 Å². The summed E-state index contributed by atoms with van der Waals surface area (Å²) in [4.78, 5) is 51.4. The lowest BCUT2D eigenvalue weighted by molar-refractivity contribution is -0.688. The second-order valence-corrected chi connectivity index (χ2v) is 13.4. The minimum atomic E-state index is -1.60. The van der Waals surface area contributed by atoms with Crippen molar-refractivity contribution >= 4 is 43.6 Å². The lowest BCUT2D eigenvalue weighted by Crippen LogP contribution is -2.42. The monoisotopic (exact) mass is 747 g/mol. The first-order valence-electron chi connectivity index (χ1n) is 18.5. The van der Waals surface area contributed by atoms with Gasteiger partial charge in [-0.15, -0.1) is 0 Å². The Labute approximate surface area is 323 Å². The summed E-state index contributed by atoms with van der Waals surface area (Å²) in [6.07, 6.45) is 11.2. The van der Waals surface area contributed by atoms with Crippen LogP contribution in [0.1, 0.15) is 90.1 Å². The molecule has 0 saturated heterocycles. The standard InChI is InChI=1S/C41H47B2N4O8/c1-30(2)37(48)16-4-3-5-17-38(49)36(45-41(51)32-21-26-46(27-22-32)28-33-12-6-8-14-35(33)43(53)54)15-10-11-23-44-40(50)31-19-24-47(25-20-31)29-34-13-7-9-18-39(34)55-42-52/h6-9,12-14,18-22,24-27,36,52-54H,1,3-5,10-11,15-17,23,28-29H2,2H3/p+2. The van der Waals surface area contributed by atoms with Gasteiger partial charge in [0, 0.05) is 49.2 Å². The van der Waals surface area contributed by atoms with Gasteiger partial charge in [0.15, 0.2) is 49.4 Å². The van der Waals surface area contributed by atoms with Gasteiger partial charge in [0.1, 0.15) is 5.75 Å². The molecule has 0 spiro atoms. The van der Waals surface area contributed by atoms with Crippen LogP contribution in [0.2, 0.25) is 0 Å². The highest BCUT2D eigenvalue weighted by molar-refractivity contribution is 6.59. The minimum Gasteiger partial charge on any atom is -0.537 e. The third-order valence-corrected chi connectivity index (χ3v) is 9.20. The van der Waals surface area contributed by atoms with Crippen LogP contribution >= 0.6 is 0 Å². The molecule has 0 saturated carbocycles. The molecule has 12 nitrogen and oxygen atoms in total. The van der Waals surface area contributed by atoms with E-state index in [0.717, 1.165) is 11.1 Å². The van der Waals surface area contributed by atoms with Crippen LogP contribution < -0.4 is 29.9 Å². The van der Waals surface area contributed by atoms with Crippen molar-refractivity contribution in [1.82, 2.24) is 10.6 Å². The molecule has 55 heavy (non-hydrogen) atoms. The highest BCUT2D eigenvalue weighted by Crippen LogP contribution is 2.17. The van der Waals surface area contributed by atoms with Gasteiger partial charge in [-0.2, -0.15) is 0 Å². The Balaban J connectivity index is 1.29. The summed E-state index contributed by atoms with van der Waals surface area (Å²) in [6.45, 7) is 6.60. The predicted molar refractivity (Wildman–Crippen MR) is 208 cm³/mol. The first kappa shape index (κ1) is 42.3. The SMILES string of the molecule is C=C(C)C(=O)CCCCCC(=O)C(CCCCNC(=O)c1cc[n+](Cc2ccccc2O[B]O)cc1)NC(=O)c1cc[n+](Cc2ccccc2B(O)O)cc1. The molecule has 2 aromatic heterocycles. The Morgan fingerprint density at radius 2 is 1.35 bits per heavy atom. The van der Waals surface area contributed by atoms with E-state index in [1.54, 1.807) is 80.2 Å². The molecule has 2 heterocycles. The number of amides is 2. The van der Waals surface area contributed by atoms with Gasteiger partial charge in [-0.3, -0.25) is 19.2 Å². The van der Waals surface area contributed by atoms with Crippen LogP contribution in [-0.2, 0) is 22.7 Å². The van der Waals surface area contributed by atoms with Crippen LogP contribution in [0.3, 0.4) is 0 Å². The average molecular weight is 747 g/mol. The quantitative estimate of drug-likeness (QED) is 0.0334. The van der Waals surface area contributed by atoms with Crippen LogP contribution in [-0.4, -0.2) is 65.8 Å². The zero-order valence-electron chi connectivity index (χ0n) is 31.2. The third-order valence-electron chi connectivity index (χ3n) is 9.20. The van der Waals surface area contributed by atoms with Crippen LogP contribution in [0.4, 0.5) is 0 Å². The Bertz CT molecular complexity index is 1910. The number of aromatic nitrogens is 2. The molecule has 1 atom stereocenters. The zero-order valence-corrected chi connectivity index (χ0v) is 31.2. The summed E-state index contributed by atoms with van der Waals surface area (Å²) in [5.41, 5.74) is 3.38. The van der Waals surface area contributed by atoms with E-state index < -0.39 is 13.2 Å². The molecule has 4 aromatic rings. The predicted octanol–water partition coefficient (Wildman–Crippen LogP) is 2.31. The fraction of sp³-hybridized carbons (Fsp3) is 0.317. The Hall–Kier alpha value is -5.43. The summed E-state index contributed by atoms with van der Waals surface area (Å²) >= 11 is 0. The van der Waals surface area contributed by atoms with Gasteiger partial charge in [0.05, 0.1) is 22.7 Å². The lowest BCUT2D eigenvalue weighted by atomic mass is 9.77. The smallest absolute Gasteiger partial charge is 0.537 e.